The number of halogens is 1. The lowest BCUT2D eigenvalue weighted by Gasteiger charge is -2.08. The Labute approximate surface area is 106 Å². The molecule has 90 valence electrons. The van der Waals surface area contributed by atoms with Crippen LogP contribution in [0.3, 0.4) is 0 Å². The summed E-state index contributed by atoms with van der Waals surface area (Å²) < 4.78 is 4.04. The van der Waals surface area contributed by atoms with Crippen molar-refractivity contribution in [3.8, 4) is 0 Å². The number of hydrogen-bond acceptors (Lipinski definition) is 4. The average Bonchev–Trinajstić information content (AvgIpc) is 2.73. The molecule has 2 aromatic rings. The maximum Gasteiger partial charge on any atom is 0.218 e. The van der Waals surface area contributed by atoms with E-state index in [0.717, 1.165) is 12.4 Å². The van der Waals surface area contributed by atoms with Crippen LogP contribution in [0.4, 0.5) is 5.69 Å². The minimum Gasteiger partial charge on any atom is -0.394 e. The van der Waals surface area contributed by atoms with Gasteiger partial charge in [0.25, 0.3) is 0 Å². The number of aryl methyl sites for hydroxylation is 1. The van der Waals surface area contributed by atoms with E-state index in [9.17, 15) is 4.79 Å². The molecule has 0 radical (unpaired) electrons. The van der Waals surface area contributed by atoms with Gasteiger partial charge in [0.15, 0.2) is 0 Å². The molecule has 2 aromatic heterocycles. The molecule has 0 atom stereocenters. The van der Waals surface area contributed by atoms with Gasteiger partial charge in [0, 0.05) is 18.9 Å². The Morgan fingerprint density at radius 3 is 2.88 bits per heavy atom. The SMILES string of the molecule is CCn1ncnc1Cn1cc(N)c(=O)c(Br)c1. The molecule has 0 bridgehead atoms. The van der Waals surface area contributed by atoms with Crippen molar-refractivity contribution in [1.29, 1.82) is 0 Å². The van der Waals surface area contributed by atoms with Gasteiger partial charge in [-0.15, -0.1) is 0 Å². The van der Waals surface area contributed by atoms with Crippen molar-refractivity contribution in [3.63, 3.8) is 0 Å². The zero-order valence-electron chi connectivity index (χ0n) is 9.30. The van der Waals surface area contributed by atoms with Gasteiger partial charge >= 0.3 is 0 Å². The summed E-state index contributed by atoms with van der Waals surface area (Å²) in [6.45, 7) is 3.27. The number of rotatable bonds is 3. The quantitative estimate of drug-likeness (QED) is 0.911. The second-order valence-electron chi connectivity index (χ2n) is 3.55. The summed E-state index contributed by atoms with van der Waals surface area (Å²) in [5.41, 5.74) is 5.63. The van der Waals surface area contributed by atoms with E-state index in [1.807, 2.05) is 6.92 Å². The van der Waals surface area contributed by atoms with Gasteiger partial charge in [0.05, 0.1) is 16.7 Å². The molecule has 0 aliphatic rings. The highest BCUT2D eigenvalue weighted by atomic mass is 79.9. The van der Waals surface area contributed by atoms with Crippen molar-refractivity contribution in [2.75, 3.05) is 5.73 Å². The van der Waals surface area contributed by atoms with Crippen molar-refractivity contribution in [2.24, 2.45) is 0 Å². The van der Waals surface area contributed by atoms with Crippen LogP contribution in [0, 0.1) is 0 Å². The summed E-state index contributed by atoms with van der Waals surface area (Å²) in [5.74, 6) is 0.822. The minimum absolute atomic E-state index is 0.196. The summed E-state index contributed by atoms with van der Waals surface area (Å²) >= 11 is 3.18. The Hall–Kier alpha value is -1.63. The van der Waals surface area contributed by atoms with Crippen LogP contribution in [0.1, 0.15) is 12.7 Å². The van der Waals surface area contributed by atoms with E-state index < -0.39 is 0 Å². The summed E-state index contributed by atoms with van der Waals surface area (Å²) in [7, 11) is 0. The second kappa shape index (κ2) is 4.70. The molecule has 0 unspecified atom stereocenters. The standard InChI is InChI=1S/C10H12BrN5O/c1-2-16-9(13-6-14-16)5-15-3-7(11)10(17)8(12)4-15/h3-4,6H,2,5,12H2,1H3. The first kappa shape index (κ1) is 11.8. The fourth-order valence-electron chi connectivity index (χ4n) is 1.55. The van der Waals surface area contributed by atoms with Crippen LogP contribution < -0.4 is 11.2 Å². The van der Waals surface area contributed by atoms with Gasteiger partial charge < -0.3 is 10.3 Å². The number of hydrogen-bond donors (Lipinski definition) is 1. The smallest absolute Gasteiger partial charge is 0.218 e. The Balaban J connectivity index is 2.34. The molecule has 7 heteroatoms. The topological polar surface area (TPSA) is 78.7 Å². The fraction of sp³-hybridized carbons (Fsp3) is 0.300. The Bertz CT molecular complexity index is 562. The first-order chi connectivity index (χ1) is 8.11. The van der Waals surface area contributed by atoms with Crippen LogP contribution in [-0.2, 0) is 13.1 Å². The molecule has 0 saturated carbocycles. The zero-order valence-corrected chi connectivity index (χ0v) is 10.9. The average molecular weight is 298 g/mol. The van der Waals surface area contributed by atoms with Gasteiger partial charge in [0.1, 0.15) is 12.2 Å². The predicted molar refractivity (Wildman–Crippen MR) is 67.6 cm³/mol. The molecular weight excluding hydrogens is 286 g/mol. The van der Waals surface area contributed by atoms with E-state index in [0.29, 0.717) is 11.0 Å². The van der Waals surface area contributed by atoms with Crippen LogP contribution in [0.5, 0.6) is 0 Å². The number of nitrogen functional groups attached to an aromatic ring is 1. The molecule has 2 rings (SSSR count). The third kappa shape index (κ3) is 2.38. The van der Waals surface area contributed by atoms with Crippen LogP contribution in [-0.4, -0.2) is 19.3 Å². The first-order valence-electron chi connectivity index (χ1n) is 5.13. The molecule has 0 aliphatic heterocycles. The lowest BCUT2D eigenvalue weighted by molar-refractivity contribution is 0.590. The van der Waals surface area contributed by atoms with Crippen molar-refractivity contribution in [2.45, 2.75) is 20.0 Å². The Kier molecular flexibility index (Phi) is 3.28. The Morgan fingerprint density at radius 2 is 2.24 bits per heavy atom. The molecule has 0 fully saturated rings. The molecule has 17 heavy (non-hydrogen) atoms. The Morgan fingerprint density at radius 1 is 1.47 bits per heavy atom. The lowest BCUT2D eigenvalue weighted by atomic mass is 10.4. The van der Waals surface area contributed by atoms with E-state index >= 15 is 0 Å². The molecule has 0 aromatic carbocycles. The van der Waals surface area contributed by atoms with E-state index in [2.05, 4.69) is 26.0 Å². The first-order valence-corrected chi connectivity index (χ1v) is 5.93. The third-order valence-electron chi connectivity index (χ3n) is 2.38. The summed E-state index contributed by atoms with van der Waals surface area (Å²) in [5, 5.41) is 4.08. The van der Waals surface area contributed by atoms with Gasteiger partial charge in [-0.2, -0.15) is 5.10 Å². The third-order valence-corrected chi connectivity index (χ3v) is 2.95. The highest BCUT2D eigenvalue weighted by Crippen LogP contribution is 2.08. The normalized spacial score (nSPS) is 10.7. The molecule has 2 N–H and O–H groups in total. The van der Waals surface area contributed by atoms with Crippen LogP contribution in [0.2, 0.25) is 0 Å². The van der Waals surface area contributed by atoms with Gasteiger partial charge in [-0.25, -0.2) is 9.67 Å². The monoisotopic (exact) mass is 297 g/mol. The number of anilines is 1. The van der Waals surface area contributed by atoms with E-state index in [-0.39, 0.29) is 11.1 Å². The molecule has 0 aliphatic carbocycles. The van der Waals surface area contributed by atoms with E-state index in [1.165, 1.54) is 6.33 Å². The zero-order chi connectivity index (χ0) is 12.4. The lowest BCUT2D eigenvalue weighted by Crippen LogP contribution is -2.15. The largest absolute Gasteiger partial charge is 0.394 e. The van der Waals surface area contributed by atoms with Gasteiger partial charge in [-0.1, -0.05) is 0 Å². The maximum absolute atomic E-state index is 11.4. The van der Waals surface area contributed by atoms with Gasteiger partial charge in [-0.05, 0) is 22.9 Å². The van der Waals surface area contributed by atoms with Crippen molar-refractivity contribution in [1.82, 2.24) is 19.3 Å². The highest BCUT2D eigenvalue weighted by molar-refractivity contribution is 9.10. The number of nitrogens with two attached hydrogens (primary N) is 1. The number of aromatic nitrogens is 4. The molecule has 6 nitrogen and oxygen atoms in total. The van der Waals surface area contributed by atoms with Gasteiger partial charge in [-0.3, -0.25) is 4.79 Å². The van der Waals surface area contributed by atoms with E-state index in [4.69, 9.17) is 5.73 Å². The summed E-state index contributed by atoms with van der Waals surface area (Å²) in [6, 6.07) is 0. The van der Waals surface area contributed by atoms with Gasteiger partial charge in [0.2, 0.25) is 5.43 Å². The van der Waals surface area contributed by atoms with E-state index in [1.54, 1.807) is 21.6 Å². The molecule has 0 spiro atoms. The number of pyridine rings is 1. The number of nitrogens with zero attached hydrogens (tertiary/aromatic N) is 4. The maximum atomic E-state index is 11.4. The molecule has 0 saturated heterocycles. The van der Waals surface area contributed by atoms with Crippen LogP contribution >= 0.6 is 15.9 Å². The summed E-state index contributed by atoms with van der Waals surface area (Å²) in [4.78, 5) is 15.6. The molecular formula is C10H12BrN5O. The van der Waals surface area contributed by atoms with Crippen molar-refractivity contribution >= 4 is 21.6 Å². The molecule has 2 heterocycles. The summed E-state index contributed by atoms with van der Waals surface area (Å²) in [6.07, 6.45) is 4.80. The van der Waals surface area contributed by atoms with Crippen LogP contribution in [0.15, 0.2) is 28.0 Å². The van der Waals surface area contributed by atoms with Crippen LogP contribution in [0.25, 0.3) is 0 Å². The molecule has 0 amide bonds. The van der Waals surface area contributed by atoms with Crippen molar-refractivity contribution in [3.05, 3.63) is 39.2 Å². The second-order valence-corrected chi connectivity index (χ2v) is 4.41. The van der Waals surface area contributed by atoms with Crippen molar-refractivity contribution < 1.29 is 0 Å². The predicted octanol–water partition coefficient (Wildman–Crippen LogP) is 0.853. The minimum atomic E-state index is -0.196. The highest BCUT2D eigenvalue weighted by Gasteiger charge is 2.06. The fourth-order valence-corrected chi connectivity index (χ4v) is 2.04.